The van der Waals surface area contributed by atoms with Crippen LogP contribution in [0.4, 0.5) is 0 Å². The molecule has 7 N–H and O–H groups in total. The Morgan fingerprint density at radius 1 is 0.872 bits per heavy atom. The van der Waals surface area contributed by atoms with E-state index in [4.69, 9.17) is 23.7 Å². The Kier molecular flexibility index (Phi) is 9.12. The van der Waals surface area contributed by atoms with Crippen molar-refractivity contribution in [3.8, 4) is 0 Å². The smallest absolute Gasteiger partial charge is 0.331 e. The third-order valence-electron chi connectivity index (χ3n) is 13.8. The van der Waals surface area contributed by atoms with E-state index < -0.39 is 67.5 Å². The Morgan fingerprint density at radius 3 is 2.36 bits per heavy atom. The van der Waals surface area contributed by atoms with E-state index in [-0.39, 0.29) is 41.3 Å². The SMILES string of the molecule is C[C@]12CC[C@H](O[C@@H]3O[C@H](CO)[C@@H](O[C@@H]4OC[C@@H](O)[C@H](O)[C@H]4O)[C@@H](O)[C@H]3O)C[C@H]1CC[C@@H]1[C@@H]2CC[C@]2(C)[C@@H](C3=CC(=O)OC3)CC[C@]12O. The molecule has 2 saturated heterocycles. The molecule has 0 aromatic rings. The highest BCUT2D eigenvalue weighted by Gasteiger charge is 2.68. The van der Waals surface area contributed by atoms with Crippen LogP contribution in [0.15, 0.2) is 11.6 Å². The normalized spacial score (nSPS) is 54.7. The Labute approximate surface area is 274 Å². The quantitative estimate of drug-likeness (QED) is 0.146. The molecule has 4 saturated carbocycles. The maximum atomic E-state index is 12.5. The molecule has 17 atom stereocenters. The number of aliphatic hydroxyl groups is 7. The summed E-state index contributed by atoms with van der Waals surface area (Å²) in [6.07, 6.45) is -3.40. The predicted molar refractivity (Wildman–Crippen MR) is 161 cm³/mol. The summed E-state index contributed by atoms with van der Waals surface area (Å²) in [7, 11) is 0. The van der Waals surface area contributed by atoms with Gasteiger partial charge in [0.2, 0.25) is 0 Å². The molecule has 0 spiro atoms. The Morgan fingerprint density at radius 2 is 1.64 bits per heavy atom. The van der Waals surface area contributed by atoms with Crippen molar-refractivity contribution < 1.29 is 64.2 Å². The molecule has 7 rings (SSSR count). The Hall–Kier alpha value is -1.23. The number of rotatable bonds is 6. The molecule has 0 aromatic heterocycles. The molecular weight excluding hydrogens is 616 g/mol. The summed E-state index contributed by atoms with van der Waals surface area (Å²) in [6.45, 7) is 4.05. The number of esters is 1. The third-order valence-corrected chi connectivity index (χ3v) is 13.8. The van der Waals surface area contributed by atoms with Gasteiger partial charge in [0.1, 0.15) is 49.3 Å². The van der Waals surface area contributed by atoms with Crippen LogP contribution in [0.1, 0.15) is 71.6 Å². The van der Waals surface area contributed by atoms with Crippen LogP contribution in [-0.2, 0) is 28.5 Å². The summed E-state index contributed by atoms with van der Waals surface area (Å²) in [5.41, 5.74) is -0.0406. The number of cyclic esters (lactones) is 1. The molecule has 0 radical (unpaired) electrons. The van der Waals surface area contributed by atoms with E-state index in [1.165, 1.54) is 0 Å². The first-order valence-electron chi connectivity index (χ1n) is 17.5. The molecule has 0 unspecified atom stereocenters. The van der Waals surface area contributed by atoms with Gasteiger partial charge in [-0.3, -0.25) is 0 Å². The van der Waals surface area contributed by atoms with Crippen molar-refractivity contribution in [2.45, 2.75) is 139 Å². The number of hydrogen-bond acceptors (Lipinski definition) is 13. The van der Waals surface area contributed by atoms with Crippen LogP contribution in [0, 0.1) is 34.5 Å². The van der Waals surface area contributed by atoms with Crippen LogP contribution < -0.4 is 0 Å². The van der Waals surface area contributed by atoms with Gasteiger partial charge < -0.3 is 59.4 Å². The summed E-state index contributed by atoms with van der Waals surface area (Å²) in [5, 5.41) is 74.6. The Balaban J connectivity index is 0.991. The topological polar surface area (TPSA) is 205 Å². The molecule has 4 aliphatic carbocycles. The second-order valence-electron chi connectivity index (χ2n) is 15.9. The van der Waals surface area contributed by atoms with E-state index in [9.17, 15) is 40.5 Å². The lowest BCUT2D eigenvalue weighted by atomic mass is 9.43. The highest BCUT2D eigenvalue weighted by Crippen LogP contribution is 2.70. The number of hydrogen-bond donors (Lipinski definition) is 7. The van der Waals surface area contributed by atoms with Gasteiger partial charge in [-0.2, -0.15) is 0 Å². The van der Waals surface area contributed by atoms with Crippen LogP contribution in [0.3, 0.4) is 0 Å². The second-order valence-corrected chi connectivity index (χ2v) is 15.9. The third kappa shape index (κ3) is 5.43. The minimum Gasteiger partial charge on any atom is -0.458 e. The van der Waals surface area contributed by atoms with Crippen molar-refractivity contribution in [1.29, 1.82) is 0 Å². The average molecular weight is 669 g/mol. The van der Waals surface area contributed by atoms with E-state index in [1.54, 1.807) is 6.08 Å². The fourth-order valence-corrected chi connectivity index (χ4v) is 11.1. The van der Waals surface area contributed by atoms with E-state index in [1.807, 2.05) is 0 Å². The van der Waals surface area contributed by atoms with Crippen LogP contribution in [0.2, 0.25) is 0 Å². The highest BCUT2D eigenvalue weighted by atomic mass is 16.7. The molecule has 0 aromatic carbocycles. The molecule has 0 bridgehead atoms. The largest absolute Gasteiger partial charge is 0.458 e. The first-order valence-corrected chi connectivity index (χ1v) is 17.5. The molecular formula is C34H52O13. The molecule has 3 aliphatic heterocycles. The fraction of sp³-hybridized carbons (Fsp3) is 0.912. The van der Waals surface area contributed by atoms with Crippen LogP contribution >= 0.6 is 0 Å². The molecule has 3 heterocycles. The van der Waals surface area contributed by atoms with Gasteiger partial charge in [-0.15, -0.1) is 0 Å². The maximum Gasteiger partial charge on any atom is 0.331 e. The molecule has 0 amide bonds. The van der Waals surface area contributed by atoms with Gasteiger partial charge in [0.15, 0.2) is 12.6 Å². The summed E-state index contributed by atoms with van der Waals surface area (Å²) >= 11 is 0. The number of ether oxygens (including phenoxy) is 5. The van der Waals surface area contributed by atoms with Gasteiger partial charge in [0.25, 0.3) is 0 Å². The number of aliphatic hydroxyl groups excluding tert-OH is 6. The van der Waals surface area contributed by atoms with Crippen molar-refractivity contribution in [3.63, 3.8) is 0 Å². The highest BCUT2D eigenvalue weighted by molar-refractivity contribution is 5.85. The lowest BCUT2D eigenvalue weighted by Crippen LogP contribution is -2.64. The predicted octanol–water partition coefficient (Wildman–Crippen LogP) is -0.108. The molecule has 6 fully saturated rings. The van der Waals surface area contributed by atoms with Crippen LogP contribution in [0.5, 0.6) is 0 Å². The van der Waals surface area contributed by atoms with E-state index >= 15 is 0 Å². The van der Waals surface area contributed by atoms with Gasteiger partial charge in [-0.25, -0.2) is 4.79 Å². The summed E-state index contributed by atoms with van der Waals surface area (Å²) in [5.74, 6) is 0.760. The van der Waals surface area contributed by atoms with Crippen molar-refractivity contribution in [1.82, 2.24) is 0 Å². The summed E-state index contributed by atoms with van der Waals surface area (Å²) in [6, 6.07) is 0. The minimum atomic E-state index is -1.61. The van der Waals surface area contributed by atoms with Crippen LogP contribution in [-0.4, -0.2) is 129 Å². The standard InChI is InChI=1S/C34H52O13/c1-32-8-5-18(45-31-28(41)26(39)29(23(13-35)46-31)47-30-27(40)25(38)22(36)15-44-30)12-17(32)3-4-21-20(32)6-9-33(2)19(7-10-34(21,33)42)16-11-24(37)43-14-16/h11,17-23,25-31,35-36,38-42H,3-10,12-15H2,1-2H3/t17-,18+,19-,20+,21-,22-,23-,25+,26+,27-,28-,29-,30+,31-,32+,33-,34+/m1/s1. The van der Waals surface area contributed by atoms with E-state index in [0.29, 0.717) is 18.4 Å². The van der Waals surface area contributed by atoms with Gasteiger partial charge in [0, 0.05) is 11.5 Å². The zero-order valence-corrected chi connectivity index (χ0v) is 27.2. The minimum absolute atomic E-state index is 0.0146. The van der Waals surface area contributed by atoms with E-state index in [0.717, 1.165) is 63.4 Å². The molecule has 47 heavy (non-hydrogen) atoms. The van der Waals surface area contributed by atoms with Gasteiger partial charge in [-0.05, 0) is 92.4 Å². The van der Waals surface area contributed by atoms with Crippen molar-refractivity contribution in [3.05, 3.63) is 11.6 Å². The van der Waals surface area contributed by atoms with Gasteiger partial charge in [-0.1, -0.05) is 13.8 Å². The molecule has 13 nitrogen and oxygen atoms in total. The molecule has 266 valence electrons. The van der Waals surface area contributed by atoms with Crippen LogP contribution in [0.25, 0.3) is 0 Å². The van der Waals surface area contributed by atoms with Gasteiger partial charge >= 0.3 is 5.97 Å². The number of fused-ring (bicyclic) bond motifs is 5. The van der Waals surface area contributed by atoms with E-state index in [2.05, 4.69) is 13.8 Å². The van der Waals surface area contributed by atoms with Gasteiger partial charge in [0.05, 0.1) is 24.9 Å². The zero-order valence-electron chi connectivity index (χ0n) is 27.2. The zero-order chi connectivity index (χ0) is 33.5. The number of carbonyl (C=O) groups excluding carboxylic acids is 1. The molecule has 13 heteroatoms. The maximum absolute atomic E-state index is 12.5. The lowest BCUT2D eigenvalue weighted by Gasteiger charge is -2.64. The Bertz CT molecular complexity index is 1210. The number of carbonyl (C=O) groups is 1. The van der Waals surface area contributed by atoms with Crippen molar-refractivity contribution in [2.75, 3.05) is 19.8 Å². The summed E-state index contributed by atoms with van der Waals surface area (Å²) < 4.78 is 28.4. The van der Waals surface area contributed by atoms with Crippen molar-refractivity contribution >= 4 is 5.97 Å². The first-order chi connectivity index (χ1) is 22.3. The average Bonchev–Trinajstić information content (AvgIpc) is 3.60. The first kappa shape index (κ1) is 34.2. The van der Waals surface area contributed by atoms with Crippen molar-refractivity contribution in [2.24, 2.45) is 34.5 Å². The molecule has 7 aliphatic rings. The summed E-state index contributed by atoms with van der Waals surface area (Å²) in [4.78, 5) is 11.9. The monoisotopic (exact) mass is 668 g/mol. The lowest BCUT2D eigenvalue weighted by molar-refractivity contribution is -0.355. The fourth-order valence-electron chi connectivity index (χ4n) is 11.1. The second kappa shape index (κ2) is 12.5.